The highest BCUT2D eigenvalue weighted by Gasteiger charge is 2.12. The molecule has 0 unspecified atom stereocenters. The monoisotopic (exact) mass is 245 g/mol. The predicted molar refractivity (Wildman–Crippen MR) is 68.8 cm³/mol. The van der Waals surface area contributed by atoms with Gasteiger partial charge in [-0.15, -0.1) is 6.58 Å². The molecule has 1 aliphatic rings. The molecule has 0 saturated heterocycles. The van der Waals surface area contributed by atoms with Crippen molar-refractivity contribution in [3.63, 3.8) is 0 Å². The fourth-order valence-electron chi connectivity index (χ4n) is 1.55. The first kappa shape index (κ1) is 11.8. The molecular weight excluding hydrogens is 234 g/mol. The molecule has 0 bridgehead atoms. The summed E-state index contributed by atoms with van der Waals surface area (Å²) in [6.07, 6.45) is 7.81. The van der Waals surface area contributed by atoms with Gasteiger partial charge in [-0.25, -0.2) is 4.79 Å². The van der Waals surface area contributed by atoms with Gasteiger partial charge in [0.05, 0.1) is 5.70 Å². The Morgan fingerprint density at radius 3 is 2.89 bits per heavy atom. The van der Waals surface area contributed by atoms with Crippen LogP contribution in [0.15, 0.2) is 45.1 Å². The minimum Gasteiger partial charge on any atom is -0.494 e. The molecule has 0 aliphatic carbocycles. The van der Waals surface area contributed by atoms with Crippen LogP contribution in [0.25, 0.3) is 6.08 Å². The molecule has 92 valence electrons. The molecule has 6 heteroatoms. The van der Waals surface area contributed by atoms with Crippen LogP contribution in [0.5, 0.6) is 5.88 Å². The van der Waals surface area contributed by atoms with Crippen LogP contribution >= 0.6 is 0 Å². The maximum atomic E-state index is 11.6. The molecule has 2 heterocycles. The Morgan fingerprint density at radius 1 is 1.50 bits per heavy atom. The van der Waals surface area contributed by atoms with E-state index >= 15 is 0 Å². The molecule has 1 aromatic heterocycles. The lowest BCUT2D eigenvalue weighted by molar-refractivity contribution is 0.409. The minimum atomic E-state index is -0.676. The molecule has 0 amide bonds. The molecule has 0 aromatic carbocycles. The number of aliphatic imine (C=N–C) groups is 1. The number of rotatable bonds is 3. The lowest BCUT2D eigenvalue weighted by atomic mass is 10.2. The summed E-state index contributed by atoms with van der Waals surface area (Å²) in [5.74, 6) is -0.397. The van der Waals surface area contributed by atoms with Gasteiger partial charge in [-0.3, -0.25) is 19.3 Å². The third kappa shape index (κ3) is 2.08. The van der Waals surface area contributed by atoms with Crippen LogP contribution in [0.4, 0.5) is 0 Å². The van der Waals surface area contributed by atoms with Crippen LogP contribution in [-0.2, 0) is 6.54 Å². The molecule has 0 fully saturated rings. The average molecular weight is 245 g/mol. The summed E-state index contributed by atoms with van der Waals surface area (Å²) in [5.41, 5.74) is -0.805. The second-order valence-corrected chi connectivity index (χ2v) is 3.60. The van der Waals surface area contributed by atoms with Crippen molar-refractivity contribution in [2.75, 3.05) is 0 Å². The number of H-pyrrole nitrogens is 1. The Labute approximate surface area is 102 Å². The fraction of sp³-hybridized carbons (Fsp3) is 0.0833. The molecule has 1 aromatic rings. The Kier molecular flexibility index (Phi) is 3.09. The van der Waals surface area contributed by atoms with Gasteiger partial charge in [0.25, 0.3) is 5.56 Å². The van der Waals surface area contributed by atoms with E-state index in [9.17, 15) is 14.7 Å². The summed E-state index contributed by atoms with van der Waals surface area (Å²) in [4.78, 5) is 29.2. The largest absolute Gasteiger partial charge is 0.494 e. The van der Waals surface area contributed by atoms with Gasteiger partial charge in [0.1, 0.15) is 5.56 Å². The summed E-state index contributed by atoms with van der Waals surface area (Å²) in [6.45, 7) is 3.59. The number of aromatic amines is 1. The molecule has 6 nitrogen and oxygen atoms in total. The number of nitrogens with one attached hydrogen (secondary N) is 1. The predicted octanol–water partition coefficient (Wildman–Crippen LogP) is 0.410. The van der Waals surface area contributed by atoms with Gasteiger partial charge >= 0.3 is 5.69 Å². The van der Waals surface area contributed by atoms with Gasteiger partial charge in [-0.05, 0) is 18.2 Å². The van der Waals surface area contributed by atoms with Crippen molar-refractivity contribution in [3.05, 3.63) is 56.9 Å². The summed E-state index contributed by atoms with van der Waals surface area (Å²) in [5, 5.41) is 9.92. The zero-order chi connectivity index (χ0) is 13.1. The zero-order valence-electron chi connectivity index (χ0n) is 9.46. The van der Waals surface area contributed by atoms with Crippen LogP contribution < -0.4 is 11.2 Å². The van der Waals surface area contributed by atoms with Crippen LogP contribution in [0.2, 0.25) is 0 Å². The van der Waals surface area contributed by atoms with Gasteiger partial charge in [0.15, 0.2) is 0 Å². The molecule has 0 atom stereocenters. The Hall–Kier alpha value is -2.63. The Bertz CT molecular complexity index is 675. The van der Waals surface area contributed by atoms with E-state index in [4.69, 9.17) is 0 Å². The quantitative estimate of drug-likeness (QED) is 0.756. The van der Waals surface area contributed by atoms with E-state index in [-0.39, 0.29) is 12.1 Å². The number of aromatic nitrogens is 2. The van der Waals surface area contributed by atoms with Crippen molar-refractivity contribution < 1.29 is 5.11 Å². The normalized spacial score (nSPS) is 15.4. The maximum absolute atomic E-state index is 11.6. The standard InChI is InChI=1S/C12H11N3O3/c1-2-6-15-11(17)9(10(16)14-12(15)18)7-8-4-3-5-13-8/h2-5,7,17H,1,6H2,(H,14,16,18)/b8-7+. The van der Waals surface area contributed by atoms with E-state index in [0.717, 1.165) is 4.57 Å². The third-order valence-corrected chi connectivity index (χ3v) is 2.39. The van der Waals surface area contributed by atoms with Crippen LogP contribution in [0.3, 0.4) is 0 Å². The molecule has 0 radical (unpaired) electrons. The van der Waals surface area contributed by atoms with Gasteiger partial charge in [0, 0.05) is 12.8 Å². The highest BCUT2D eigenvalue weighted by atomic mass is 16.3. The zero-order valence-corrected chi connectivity index (χ0v) is 9.46. The van der Waals surface area contributed by atoms with Crippen molar-refractivity contribution in [3.8, 4) is 5.88 Å². The van der Waals surface area contributed by atoms with Gasteiger partial charge < -0.3 is 5.11 Å². The molecule has 18 heavy (non-hydrogen) atoms. The van der Waals surface area contributed by atoms with Crippen molar-refractivity contribution >= 4 is 12.3 Å². The Morgan fingerprint density at radius 2 is 2.28 bits per heavy atom. The van der Waals surface area contributed by atoms with E-state index in [1.807, 2.05) is 0 Å². The van der Waals surface area contributed by atoms with Crippen molar-refractivity contribution in [2.24, 2.45) is 4.99 Å². The second kappa shape index (κ2) is 4.70. The first-order valence-corrected chi connectivity index (χ1v) is 5.23. The first-order chi connectivity index (χ1) is 8.63. The number of allylic oxidation sites excluding steroid dienone is 3. The summed E-state index contributed by atoms with van der Waals surface area (Å²) >= 11 is 0. The van der Waals surface area contributed by atoms with Gasteiger partial charge in [0.2, 0.25) is 5.88 Å². The first-order valence-electron chi connectivity index (χ1n) is 5.23. The minimum absolute atomic E-state index is 0.00449. The molecule has 0 spiro atoms. The highest BCUT2D eigenvalue weighted by molar-refractivity contribution is 5.79. The van der Waals surface area contributed by atoms with Crippen molar-refractivity contribution in [1.82, 2.24) is 9.55 Å². The molecule has 1 aliphatic heterocycles. The molecule has 0 saturated carbocycles. The maximum Gasteiger partial charge on any atom is 0.331 e. The number of aromatic hydroxyl groups is 1. The SMILES string of the molecule is C=CCn1c(O)c(/C=C2\C=CC=N2)c(=O)[nH]c1=O. The number of nitrogens with zero attached hydrogens (tertiary/aromatic N) is 2. The average Bonchev–Trinajstić information content (AvgIpc) is 2.83. The van der Waals surface area contributed by atoms with Crippen molar-refractivity contribution in [2.45, 2.75) is 6.54 Å². The van der Waals surface area contributed by atoms with E-state index in [1.54, 1.807) is 18.4 Å². The number of hydrogen-bond acceptors (Lipinski definition) is 4. The summed E-state index contributed by atoms with van der Waals surface area (Å²) in [6, 6.07) is 0. The molecule has 2 rings (SSSR count). The van der Waals surface area contributed by atoms with Crippen LogP contribution in [0.1, 0.15) is 5.56 Å². The third-order valence-electron chi connectivity index (χ3n) is 2.39. The molecule has 2 N–H and O–H groups in total. The van der Waals surface area contributed by atoms with Crippen LogP contribution in [0, 0.1) is 0 Å². The van der Waals surface area contributed by atoms with E-state index in [1.165, 1.54) is 12.2 Å². The topological polar surface area (TPSA) is 87.4 Å². The Balaban J connectivity index is 2.64. The van der Waals surface area contributed by atoms with Gasteiger partial charge in [-0.2, -0.15) is 0 Å². The van der Waals surface area contributed by atoms with E-state index < -0.39 is 17.1 Å². The van der Waals surface area contributed by atoms with Gasteiger partial charge in [-0.1, -0.05) is 6.08 Å². The highest BCUT2D eigenvalue weighted by Crippen LogP contribution is 2.16. The molecular formula is C12H11N3O3. The summed E-state index contributed by atoms with van der Waals surface area (Å²) < 4.78 is 1.02. The second-order valence-electron chi connectivity index (χ2n) is 3.60. The van der Waals surface area contributed by atoms with Crippen LogP contribution in [-0.4, -0.2) is 20.9 Å². The lowest BCUT2D eigenvalue weighted by Gasteiger charge is -2.07. The van der Waals surface area contributed by atoms with E-state index in [0.29, 0.717) is 5.70 Å². The lowest BCUT2D eigenvalue weighted by Crippen LogP contribution is -2.31. The fourth-order valence-corrected chi connectivity index (χ4v) is 1.55. The summed E-state index contributed by atoms with van der Waals surface area (Å²) in [7, 11) is 0. The smallest absolute Gasteiger partial charge is 0.331 e. The van der Waals surface area contributed by atoms with E-state index in [2.05, 4.69) is 16.6 Å². The van der Waals surface area contributed by atoms with Crippen molar-refractivity contribution in [1.29, 1.82) is 0 Å². The number of hydrogen-bond donors (Lipinski definition) is 2.